The Labute approximate surface area is 163 Å². The highest BCUT2D eigenvalue weighted by Gasteiger charge is 2.22. The second-order valence-corrected chi connectivity index (χ2v) is 6.44. The number of carbonyl (C=O) groups excluding carboxylic acids is 1. The first-order valence-corrected chi connectivity index (χ1v) is 8.56. The molecule has 0 bridgehead atoms. The Morgan fingerprint density at radius 1 is 1.28 bits per heavy atom. The first-order valence-electron chi connectivity index (χ1n) is 8.56. The lowest BCUT2D eigenvalue weighted by molar-refractivity contribution is -0.125. The van der Waals surface area contributed by atoms with Crippen molar-refractivity contribution in [1.29, 1.82) is 0 Å². The zero-order valence-corrected chi connectivity index (χ0v) is 16.4. The number of nitrogens with zero attached hydrogens (tertiary/aromatic N) is 1. The van der Waals surface area contributed by atoms with Crippen LogP contribution in [0.3, 0.4) is 0 Å². The van der Waals surface area contributed by atoms with E-state index in [1.165, 1.54) is 0 Å². The fourth-order valence-corrected chi connectivity index (χ4v) is 2.95. The third kappa shape index (κ3) is 7.92. The van der Waals surface area contributed by atoms with E-state index >= 15 is 0 Å². The van der Waals surface area contributed by atoms with Gasteiger partial charge in [0.05, 0.1) is 12.0 Å². The maximum atomic E-state index is 12.2. The number of likely N-dealkylation sites (tertiary alicyclic amines) is 1. The van der Waals surface area contributed by atoms with Crippen molar-refractivity contribution in [2.75, 3.05) is 26.2 Å². The van der Waals surface area contributed by atoms with Crippen LogP contribution >= 0.6 is 24.8 Å². The molecule has 2 rings (SSSR count). The first-order chi connectivity index (χ1) is 11.1. The van der Waals surface area contributed by atoms with Crippen molar-refractivity contribution in [3.05, 3.63) is 35.9 Å². The smallest absolute Gasteiger partial charge is 0.224 e. The van der Waals surface area contributed by atoms with Crippen LogP contribution in [0.4, 0.5) is 0 Å². The molecule has 1 fully saturated rings. The molecule has 0 radical (unpaired) electrons. The molecule has 25 heavy (non-hydrogen) atoms. The zero-order chi connectivity index (χ0) is 16.7. The van der Waals surface area contributed by atoms with Crippen molar-refractivity contribution >= 4 is 30.7 Å². The first kappa shape index (κ1) is 24.1. The maximum absolute atomic E-state index is 12.2. The molecule has 5 nitrogen and oxygen atoms in total. The molecule has 1 heterocycles. The minimum Gasteiger partial charge on any atom is -0.393 e. The minimum atomic E-state index is -0.278. The summed E-state index contributed by atoms with van der Waals surface area (Å²) < 4.78 is 0. The molecule has 1 aromatic rings. The van der Waals surface area contributed by atoms with Crippen molar-refractivity contribution in [2.24, 2.45) is 11.7 Å². The van der Waals surface area contributed by atoms with Crippen molar-refractivity contribution in [1.82, 2.24) is 10.2 Å². The molecular weight excluding hydrogens is 361 g/mol. The summed E-state index contributed by atoms with van der Waals surface area (Å²) in [5, 5.41) is 12.5. The number of piperidine rings is 1. The summed E-state index contributed by atoms with van der Waals surface area (Å²) in [6, 6.07) is 9.46. The van der Waals surface area contributed by atoms with Gasteiger partial charge in [0.15, 0.2) is 0 Å². The largest absolute Gasteiger partial charge is 0.393 e. The van der Waals surface area contributed by atoms with Gasteiger partial charge >= 0.3 is 0 Å². The Hall–Kier alpha value is -0.850. The molecule has 0 saturated carbocycles. The molecule has 0 aromatic heterocycles. The predicted molar refractivity (Wildman–Crippen MR) is 106 cm³/mol. The second-order valence-electron chi connectivity index (χ2n) is 6.44. The third-order valence-electron chi connectivity index (χ3n) is 4.64. The van der Waals surface area contributed by atoms with Crippen LogP contribution in [0.1, 0.15) is 37.8 Å². The van der Waals surface area contributed by atoms with E-state index in [-0.39, 0.29) is 48.8 Å². The fraction of sp³-hybridized carbons (Fsp3) is 0.611. The summed E-state index contributed by atoms with van der Waals surface area (Å²) in [6.07, 6.45) is 2.51. The predicted octanol–water partition coefficient (Wildman–Crippen LogP) is 2.13. The summed E-state index contributed by atoms with van der Waals surface area (Å²) in [5.41, 5.74) is 7.17. The number of carbonyl (C=O) groups is 1. The van der Waals surface area contributed by atoms with Crippen LogP contribution in [0.25, 0.3) is 0 Å². The van der Waals surface area contributed by atoms with Gasteiger partial charge in [-0.1, -0.05) is 37.3 Å². The van der Waals surface area contributed by atoms with E-state index in [1.807, 2.05) is 37.3 Å². The van der Waals surface area contributed by atoms with Crippen LogP contribution in [0.15, 0.2) is 30.3 Å². The summed E-state index contributed by atoms with van der Waals surface area (Å²) in [4.78, 5) is 14.6. The number of aliphatic hydroxyl groups is 1. The van der Waals surface area contributed by atoms with Gasteiger partial charge in [0.2, 0.25) is 5.91 Å². The maximum Gasteiger partial charge on any atom is 0.224 e. The highest BCUT2D eigenvalue weighted by atomic mass is 35.5. The summed E-state index contributed by atoms with van der Waals surface area (Å²) in [5.74, 6) is -0.238. The van der Waals surface area contributed by atoms with Crippen LogP contribution in [0, 0.1) is 5.92 Å². The molecule has 2 atom stereocenters. The van der Waals surface area contributed by atoms with Crippen LogP contribution in [-0.2, 0) is 4.79 Å². The average Bonchev–Trinajstić information content (AvgIpc) is 2.59. The van der Waals surface area contributed by atoms with Gasteiger partial charge in [-0.05, 0) is 31.4 Å². The lowest BCUT2D eigenvalue weighted by Gasteiger charge is -2.29. The zero-order valence-electron chi connectivity index (χ0n) is 14.8. The van der Waals surface area contributed by atoms with Gasteiger partial charge in [-0.25, -0.2) is 0 Å². The van der Waals surface area contributed by atoms with E-state index in [0.717, 1.165) is 44.5 Å². The van der Waals surface area contributed by atoms with E-state index in [9.17, 15) is 9.90 Å². The summed E-state index contributed by atoms with van der Waals surface area (Å²) in [6.45, 7) is 5.41. The molecular formula is C18H31Cl2N3O2. The Balaban J connectivity index is 0.00000288. The number of aliphatic hydroxyl groups excluding tert-OH is 1. The van der Waals surface area contributed by atoms with Gasteiger partial charge in [-0.3, -0.25) is 4.79 Å². The van der Waals surface area contributed by atoms with Gasteiger partial charge in [0, 0.05) is 25.7 Å². The summed E-state index contributed by atoms with van der Waals surface area (Å²) >= 11 is 0. The topological polar surface area (TPSA) is 78.6 Å². The Kier molecular flexibility index (Phi) is 12.1. The van der Waals surface area contributed by atoms with Gasteiger partial charge in [-0.15, -0.1) is 24.8 Å². The molecule has 1 amide bonds. The van der Waals surface area contributed by atoms with E-state index in [1.54, 1.807) is 0 Å². The lowest BCUT2D eigenvalue weighted by atomic mass is 9.95. The van der Waals surface area contributed by atoms with Gasteiger partial charge in [0.25, 0.3) is 0 Å². The van der Waals surface area contributed by atoms with Crippen molar-refractivity contribution in [3.8, 4) is 0 Å². The van der Waals surface area contributed by atoms with Crippen LogP contribution in [-0.4, -0.2) is 48.2 Å². The van der Waals surface area contributed by atoms with E-state index in [0.29, 0.717) is 6.54 Å². The number of hydrogen-bond acceptors (Lipinski definition) is 4. The van der Waals surface area contributed by atoms with Crippen LogP contribution < -0.4 is 11.1 Å². The number of nitrogens with one attached hydrogen (secondary N) is 1. The molecule has 1 aliphatic rings. The number of amides is 1. The van der Waals surface area contributed by atoms with Crippen molar-refractivity contribution in [3.63, 3.8) is 0 Å². The Morgan fingerprint density at radius 3 is 2.48 bits per heavy atom. The monoisotopic (exact) mass is 391 g/mol. The molecule has 7 heteroatoms. The molecule has 1 saturated heterocycles. The quantitative estimate of drug-likeness (QED) is 0.622. The minimum absolute atomic E-state index is 0. The number of nitrogens with two attached hydrogens (primary N) is 1. The van der Waals surface area contributed by atoms with Gasteiger partial charge in [0.1, 0.15) is 0 Å². The van der Waals surface area contributed by atoms with Gasteiger partial charge < -0.3 is 21.1 Å². The molecule has 0 aliphatic carbocycles. The molecule has 1 aliphatic heterocycles. The SMILES string of the molecule is CC(C(=O)NCCCN1CCC(O)CC1)C(N)c1ccccc1.Cl.Cl. The summed E-state index contributed by atoms with van der Waals surface area (Å²) in [7, 11) is 0. The number of hydrogen-bond donors (Lipinski definition) is 3. The van der Waals surface area contributed by atoms with Crippen LogP contribution in [0.5, 0.6) is 0 Å². The number of halogens is 2. The van der Waals surface area contributed by atoms with Gasteiger partial charge in [-0.2, -0.15) is 0 Å². The molecule has 1 aromatic carbocycles. The molecule has 4 N–H and O–H groups in total. The highest BCUT2D eigenvalue weighted by Crippen LogP contribution is 2.19. The number of benzene rings is 1. The normalized spacial score (nSPS) is 17.7. The molecule has 2 unspecified atom stereocenters. The Morgan fingerprint density at radius 2 is 1.88 bits per heavy atom. The second kappa shape index (κ2) is 12.5. The highest BCUT2D eigenvalue weighted by molar-refractivity contribution is 5.85. The van der Waals surface area contributed by atoms with E-state index in [4.69, 9.17) is 5.73 Å². The molecule has 0 spiro atoms. The lowest BCUT2D eigenvalue weighted by Crippen LogP contribution is -2.39. The van der Waals surface area contributed by atoms with E-state index < -0.39 is 0 Å². The number of rotatable bonds is 7. The average molecular weight is 392 g/mol. The van der Waals surface area contributed by atoms with Crippen LogP contribution in [0.2, 0.25) is 0 Å². The Bertz CT molecular complexity index is 482. The molecule has 144 valence electrons. The van der Waals surface area contributed by atoms with Crippen molar-refractivity contribution in [2.45, 2.75) is 38.3 Å². The fourth-order valence-electron chi connectivity index (χ4n) is 2.95. The third-order valence-corrected chi connectivity index (χ3v) is 4.64. The van der Waals surface area contributed by atoms with Crippen molar-refractivity contribution < 1.29 is 9.90 Å². The standard InChI is InChI=1S/C18H29N3O2.2ClH/c1-14(17(19)15-6-3-2-4-7-15)18(23)20-10-5-11-21-12-8-16(22)9-13-21;;/h2-4,6-7,14,16-17,22H,5,8-13,19H2,1H3,(H,20,23);2*1H. The van der Waals surface area contributed by atoms with E-state index in [2.05, 4.69) is 10.2 Å².